The zero-order valence-corrected chi connectivity index (χ0v) is 19.2. The standard InChI is InChI=1S/C17H31N5O2S.HI/c1-5-22(16-9-6-8-15(2)14-16)13-12-20-17(18-3)19-10-7-11-21-25(4,23)24;/h6,8-9,14,21H,5,7,10-13H2,1-4H3,(H2,18,19,20);1H. The minimum Gasteiger partial charge on any atom is -0.370 e. The highest BCUT2D eigenvalue weighted by molar-refractivity contribution is 14.0. The van der Waals surface area contributed by atoms with Crippen LogP contribution in [0.4, 0.5) is 5.69 Å². The second-order valence-electron chi connectivity index (χ2n) is 5.86. The second kappa shape index (κ2) is 13.2. The topological polar surface area (TPSA) is 85.8 Å². The molecule has 0 saturated heterocycles. The third-order valence-electron chi connectivity index (χ3n) is 3.66. The number of aryl methyl sites for hydroxylation is 1. The summed E-state index contributed by atoms with van der Waals surface area (Å²) >= 11 is 0. The van der Waals surface area contributed by atoms with E-state index in [1.807, 2.05) is 0 Å². The molecule has 0 unspecified atom stereocenters. The Balaban J connectivity index is 0.00000625. The highest BCUT2D eigenvalue weighted by atomic mass is 127. The summed E-state index contributed by atoms with van der Waals surface area (Å²) in [5.74, 6) is 0.722. The molecule has 0 aliphatic rings. The summed E-state index contributed by atoms with van der Waals surface area (Å²) < 4.78 is 24.4. The summed E-state index contributed by atoms with van der Waals surface area (Å²) in [6.07, 6.45) is 1.85. The van der Waals surface area contributed by atoms with Gasteiger partial charge in [-0.2, -0.15) is 0 Å². The van der Waals surface area contributed by atoms with Gasteiger partial charge in [-0.1, -0.05) is 12.1 Å². The lowest BCUT2D eigenvalue weighted by molar-refractivity contribution is 0.584. The summed E-state index contributed by atoms with van der Waals surface area (Å²) in [7, 11) is -1.39. The van der Waals surface area contributed by atoms with Gasteiger partial charge < -0.3 is 15.5 Å². The molecule has 3 N–H and O–H groups in total. The first-order valence-electron chi connectivity index (χ1n) is 8.56. The van der Waals surface area contributed by atoms with Gasteiger partial charge in [0.25, 0.3) is 0 Å². The predicted molar refractivity (Wildman–Crippen MR) is 121 cm³/mol. The molecule has 0 heterocycles. The smallest absolute Gasteiger partial charge is 0.208 e. The predicted octanol–water partition coefficient (Wildman–Crippen LogP) is 1.54. The summed E-state index contributed by atoms with van der Waals surface area (Å²) in [5, 5.41) is 6.47. The van der Waals surface area contributed by atoms with Gasteiger partial charge in [0.2, 0.25) is 10.0 Å². The molecular weight excluding hydrogens is 465 g/mol. The number of nitrogens with zero attached hydrogens (tertiary/aromatic N) is 2. The van der Waals surface area contributed by atoms with Gasteiger partial charge >= 0.3 is 0 Å². The van der Waals surface area contributed by atoms with Gasteiger partial charge in [0, 0.05) is 45.5 Å². The highest BCUT2D eigenvalue weighted by Gasteiger charge is 2.05. The van der Waals surface area contributed by atoms with Gasteiger partial charge in [-0.3, -0.25) is 4.99 Å². The van der Waals surface area contributed by atoms with Crippen LogP contribution in [0.2, 0.25) is 0 Å². The van der Waals surface area contributed by atoms with Crippen molar-refractivity contribution in [2.75, 3.05) is 50.9 Å². The lowest BCUT2D eigenvalue weighted by Crippen LogP contribution is -2.42. The van der Waals surface area contributed by atoms with Crippen molar-refractivity contribution in [3.05, 3.63) is 29.8 Å². The van der Waals surface area contributed by atoms with Crippen molar-refractivity contribution in [1.82, 2.24) is 15.4 Å². The molecule has 1 aromatic rings. The summed E-state index contributed by atoms with van der Waals surface area (Å²) in [6.45, 7) is 7.88. The summed E-state index contributed by atoms with van der Waals surface area (Å²) in [5.41, 5.74) is 2.48. The van der Waals surface area contributed by atoms with Crippen LogP contribution in [0.3, 0.4) is 0 Å². The van der Waals surface area contributed by atoms with E-state index in [9.17, 15) is 8.42 Å². The van der Waals surface area contributed by atoms with E-state index < -0.39 is 10.0 Å². The van der Waals surface area contributed by atoms with E-state index in [1.165, 1.54) is 11.3 Å². The van der Waals surface area contributed by atoms with E-state index in [0.29, 0.717) is 19.5 Å². The van der Waals surface area contributed by atoms with Crippen LogP contribution in [-0.4, -0.2) is 60.4 Å². The van der Waals surface area contributed by atoms with E-state index in [2.05, 4.69) is 63.4 Å². The number of anilines is 1. The van der Waals surface area contributed by atoms with Gasteiger partial charge in [0.15, 0.2) is 5.96 Å². The van der Waals surface area contributed by atoms with Crippen molar-refractivity contribution in [2.45, 2.75) is 20.3 Å². The number of sulfonamides is 1. The molecule has 0 aliphatic carbocycles. The average Bonchev–Trinajstić information content (AvgIpc) is 2.55. The van der Waals surface area contributed by atoms with E-state index >= 15 is 0 Å². The van der Waals surface area contributed by atoms with Crippen molar-refractivity contribution in [2.24, 2.45) is 4.99 Å². The van der Waals surface area contributed by atoms with Crippen LogP contribution >= 0.6 is 24.0 Å². The minimum absolute atomic E-state index is 0. The van der Waals surface area contributed by atoms with Gasteiger partial charge in [-0.25, -0.2) is 13.1 Å². The Bertz CT molecular complexity index is 652. The van der Waals surface area contributed by atoms with Crippen molar-refractivity contribution >= 4 is 45.6 Å². The number of halogens is 1. The molecule has 0 fully saturated rings. The molecule has 1 rings (SSSR count). The van der Waals surface area contributed by atoms with Gasteiger partial charge in [0.1, 0.15) is 0 Å². The lowest BCUT2D eigenvalue weighted by atomic mass is 10.2. The maximum atomic E-state index is 11.0. The molecule has 26 heavy (non-hydrogen) atoms. The Hall–Kier alpha value is -1.07. The molecule has 9 heteroatoms. The maximum absolute atomic E-state index is 11.0. The fourth-order valence-electron chi connectivity index (χ4n) is 2.38. The van der Waals surface area contributed by atoms with E-state index in [1.54, 1.807) is 7.05 Å². The van der Waals surface area contributed by atoms with Crippen LogP contribution in [0.15, 0.2) is 29.3 Å². The molecule has 1 aromatic carbocycles. The van der Waals surface area contributed by atoms with Crippen LogP contribution in [-0.2, 0) is 10.0 Å². The molecule has 0 bridgehead atoms. The first-order chi connectivity index (χ1) is 11.9. The van der Waals surface area contributed by atoms with Crippen LogP contribution < -0.4 is 20.3 Å². The van der Waals surface area contributed by atoms with E-state index in [4.69, 9.17) is 0 Å². The molecular formula is C17H32IN5O2S. The first kappa shape index (κ1) is 24.9. The monoisotopic (exact) mass is 497 g/mol. The number of likely N-dealkylation sites (N-methyl/N-ethyl adjacent to an activating group) is 1. The zero-order chi connectivity index (χ0) is 18.7. The number of benzene rings is 1. The average molecular weight is 497 g/mol. The van der Waals surface area contributed by atoms with Gasteiger partial charge in [0.05, 0.1) is 6.26 Å². The van der Waals surface area contributed by atoms with E-state index in [0.717, 1.165) is 31.8 Å². The number of rotatable bonds is 10. The number of guanidine groups is 1. The van der Waals surface area contributed by atoms with E-state index in [-0.39, 0.29) is 24.0 Å². The summed E-state index contributed by atoms with van der Waals surface area (Å²) in [4.78, 5) is 6.49. The van der Waals surface area contributed by atoms with Crippen molar-refractivity contribution in [3.8, 4) is 0 Å². The van der Waals surface area contributed by atoms with Crippen molar-refractivity contribution in [3.63, 3.8) is 0 Å². The van der Waals surface area contributed by atoms with Gasteiger partial charge in [-0.15, -0.1) is 24.0 Å². The number of hydrogen-bond acceptors (Lipinski definition) is 4. The number of nitrogens with one attached hydrogen (secondary N) is 3. The lowest BCUT2D eigenvalue weighted by Gasteiger charge is -2.24. The molecule has 0 spiro atoms. The molecule has 0 aliphatic heterocycles. The van der Waals surface area contributed by atoms with Crippen molar-refractivity contribution < 1.29 is 8.42 Å². The molecule has 7 nitrogen and oxygen atoms in total. The first-order valence-corrected chi connectivity index (χ1v) is 10.5. The maximum Gasteiger partial charge on any atom is 0.208 e. The third-order valence-corrected chi connectivity index (χ3v) is 4.39. The van der Waals surface area contributed by atoms with Crippen LogP contribution in [0.5, 0.6) is 0 Å². The Morgan fingerprint density at radius 1 is 1.19 bits per heavy atom. The molecule has 0 radical (unpaired) electrons. The second-order valence-corrected chi connectivity index (χ2v) is 7.70. The Morgan fingerprint density at radius 3 is 2.46 bits per heavy atom. The van der Waals surface area contributed by atoms with Gasteiger partial charge in [-0.05, 0) is 38.0 Å². The normalized spacial score (nSPS) is 11.6. The number of hydrogen-bond donors (Lipinski definition) is 3. The fraction of sp³-hybridized carbons (Fsp3) is 0.588. The molecule has 0 atom stereocenters. The molecule has 0 amide bonds. The van der Waals surface area contributed by atoms with Crippen LogP contribution in [0, 0.1) is 6.92 Å². The SMILES string of the molecule is CCN(CCNC(=NC)NCCCNS(C)(=O)=O)c1cccc(C)c1.I. The van der Waals surface area contributed by atoms with Crippen LogP contribution in [0.25, 0.3) is 0 Å². The number of aliphatic imine (C=N–C) groups is 1. The molecule has 0 saturated carbocycles. The largest absolute Gasteiger partial charge is 0.370 e. The summed E-state index contributed by atoms with van der Waals surface area (Å²) in [6, 6.07) is 8.48. The van der Waals surface area contributed by atoms with Crippen LogP contribution in [0.1, 0.15) is 18.9 Å². The third kappa shape index (κ3) is 10.8. The quantitative estimate of drug-likeness (QED) is 0.198. The Labute approximate surface area is 175 Å². The minimum atomic E-state index is -3.12. The highest BCUT2D eigenvalue weighted by Crippen LogP contribution is 2.14. The zero-order valence-electron chi connectivity index (χ0n) is 16.1. The Kier molecular flexibility index (Phi) is 12.6. The molecule has 0 aromatic heterocycles. The Morgan fingerprint density at radius 2 is 1.88 bits per heavy atom. The fourth-order valence-corrected chi connectivity index (χ4v) is 2.89. The van der Waals surface area contributed by atoms with Crippen molar-refractivity contribution in [1.29, 1.82) is 0 Å². The molecule has 150 valence electrons.